The van der Waals surface area contributed by atoms with Gasteiger partial charge in [0.2, 0.25) is 0 Å². The molecule has 20 heavy (non-hydrogen) atoms. The van der Waals surface area contributed by atoms with Crippen LogP contribution in [0.4, 0.5) is 0 Å². The normalized spacial score (nSPS) is 10.8. The van der Waals surface area contributed by atoms with Gasteiger partial charge in [-0.15, -0.1) is 0 Å². The Labute approximate surface area is 151 Å². The number of hydrogen-bond acceptors (Lipinski definition) is 0. The van der Waals surface area contributed by atoms with E-state index in [1.165, 1.54) is 28.2 Å². The number of quaternary nitrogens is 1. The summed E-state index contributed by atoms with van der Waals surface area (Å²) in [5.41, 5.74) is 0. The maximum absolute atomic E-state index is 3.65. The Hall–Kier alpha value is 0.0300. The summed E-state index contributed by atoms with van der Waals surface area (Å²) >= 11 is 3.65. The fourth-order valence-electron chi connectivity index (χ4n) is 2.11. The molecule has 0 atom stereocenters. The van der Waals surface area contributed by atoms with E-state index < -0.39 is 0 Å². The Morgan fingerprint density at radius 2 is 1.70 bits per heavy atom. The molecule has 0 aliphatic rings. The quantitative estimate of drug-likeness (QED) is 0.332. The molecular formula is C15H21Br3N2. The van der Waals surface area contributed by atoms with Gasteiger partial charge in [-0.1, -0.05) is 18.2 Å². The van der Waals surface area contributed by atoms with E-state index in [2.05, 4.69) is 78.3 Å². The Morgan fingerprint density at radius 1 is 1.05 bits per heavy atom. The molecule has 2 rings (SSSR count). The van der Waals surface area contributed by atoms with Gasteiger partial charge < -0.3 is 38.4 Å². The summed E-state index contributed by atoms with van der Waals surface area (Å²) in [4.78, 5) is 0. The van der Waals surface area contributed by atoms with Crippen LogP contribution in [0.25, 0.3) is 10.8 Å². The molecule has 112 valence electrons. The highest BCUT2D eigenvalue weighted by Crippen LogP contribution is 2.20. The fraction of sp³-hybridized carbons (Fsp3) is 0.400. The zero-order valence-electron chi connectivity index (χ0n) is 12.1. The molecule has 0 aliphatic heterocycles. The second-order valence-corrected chi connectivity index (χ2v) is 6.65. The van der Waals surface area contributed by atoms with E-state index in [-0.39, 0.29) is 34.0 Å². The van der Waals surface area contributed by atoms with Crippen molar-refractivity contribution < 1.29 is 43.0 Å². The van der Waals surface area contributed by atoms with Gasteiger partial charge in [0.15, 0.2) is 18.9 Å². The number of fused-ring (bicyclic) bond motifs is 1. The molecule has 0 bridgehead atoms. The minimum atomic E-state index is 0. The van der Waals surface area contributed by atoms with Crippen LogP contribution in [0, 0.1) is 0 Å². The molecule has 0 unspecified atom stereocenters. The van der Waals surface area contributed by atoms with Gasteiger partial charge in [-0.3, -0.25) is 0 Å². The van der Waals surface area contributed by atoms with Gasteiger partial charge >= 0.3 is 0 Å². The minimum absolute atomic E-state index is 0. The van der Waals surface area contributed by atoms with Crippen LogP contribution in [0.15, 0.2) is 41.1 Å². The molecular weight excluding hydrogens is 448 g/mol. The maximum Gasteiger partial charge on any atom is 0.183 e. The molecule has 0 saturated carbocycles. The molecule has 5 heteroatoms. The van der Waals surface area contributed by atoms with Gasteiger partial charge in [0.1, 0.15) is 0 Å². The predicted octanol–water partition coefficient (Wildman–Crippen LogP) is -3.01. The van der Waals surface area contributed by atoms with Gasteiger partial charge in [-0.2, -0.15) is 0 Å². The summed E-state index contributed by atoms with van der Waals surface area (Å²) in [7, 11) is 6.71. The summed E-state index contributed by atoms with van der Waals surface area (Å²) in [6.07, 6.45) is 5.60. The van der Waals surface area contributed by atoms with Crippen LogP contribution in [-0.4, -0.2) is 32.2 Å². The number of aryl methyl sites for hydroxylation is 1. The first-order valence-electron chi connectivity index (χ1n) is 6.33. The van der Waals surface area contributed by atoms with Gasteiger partial charge in [-0.25, -0.2) is 4.57 Å². The monoisotopic (exact) mass is 466 g/mol. The molecule has 1 heterocycles. The standard InChI is InChI=1S/C15H21BrN2.2BrH/c1-18(2,3)10-6-9-17-11-13-7-4-5-8-14(13)15(16)12-17;;/h4-5,7-8,11-12H,6,9-10H2,1-3H3;2*1H/q+2;;/p-2. The average Bonchev–Trinajstić information content (AvgIpc) is 2.27. The summed E-state index contributed by atoms with van der Waals surface area (Å²) in [5, 5.41) is 2.57. The second kappa shape index (κ2) is 8.47. The lowest BCUT2D eigenvalue weighted by Gasteiger charge is -2.22. The second-order valence-electron chi connectivity index (χ2n) is 5.80. The van der Waals surface area contributed by atoms with Crippen molar-refractivity contribution >= 4 is 26.7 Å². The van der Waals surface area contributed by atoms with Crippen molar-refractivity contribution in [1.82, 2.24) is 0 Å². The highest BCUT2D eigenvalue weighted by molar-refractivity contribution is 9.10. The van der Waals surface area contributed by atoms with Crippen molar-refractivity contribution in [3.63, 3.8) is 0 Å². The van der Waals surface area contributed by atoms with Crippen molar-refractivity contribution in [3.8, 4) is 0 Å². The Balaban J connectivity index is 0.00000180. The smallest absolute Gasteiger partial charge is 0.183 e. The summed E-state index contributed by atoms with van der Waals surface area (Å²) in [5.74, 6) is 0. The van der Waals surface area contributed by atoms with Crippen molar-refractivity contribution in [2.24, 2.45) is 0 Å². The van der Waals surface area contributed by atoms with E-state index in [1.807, 2.05) is 0 Å². The van der Waals surface area contributed by atoms with E-state index in [4.69, 9.17) is 0 Å². The largest absolute Gasteiger partial charge is 1.00 e. The van der Waals surface area contributed by atoms with Crippen LogP contribution in [0.5, 0.6) is 0 Å². The summed E-state index contributed by atoms with van der Waals surface area (Å²) in [6, 6.07) is 8.48. The van der Waals surface area contributed by atoms with Crippen molar-refractivity contribution in [2.75, 3.05) is 27.7 Å². The van der Waals surface area contributed by atoms with Crippen LogP contribution < -0.4 is 38.5 Å². The molecule has 0 N–H and O–H groups in total. The highest BCUT2D eigenvalue weighted by atomic mass is 79.9. The van der Waals surface area contributed by atoms with Crippen LogP contribution in [0.1, 0.15) is 6.42 Å². The van der Waals surface area contributed by atoms with Gasteiger partial charge in [-0.05, 0) is 22.0 Å². The number of hydrogen-bond donors (Lipinski definition) is 0. The third kappa shape index (κ3) is 5.80. The third-order valence-corrected chi connectivity index (χ3v) is 3.68. The molecule has 2 nitrogen and oxygen atoms in total. The maximum atomic E-state index is 3.65. The van der Waals surface area contributed by atoms with E-state index in [0.29, 0.717) is 0 Å². The SMILES string of the molecule is C[N+](C)(C)CCC[n+]1cc(Br)c2ccccc2c1.[Br-].[Br-]. The van der Waals surface area contributed by atoms with Crippen LogP contribution in [-0.2, 0) is 6.54 Å². The van der Waals surface area contributed by atoms with E-state index in [9.17, 15) is 0 Å². The van der Waals surface area contributed by atoms with Gasteiger partial charge in [0, 0.05) is 10.8 Å². The Morgan fingerprint density at radius 3 is 2.35 bits per heavy atom. The number of rotatable bonds is 4. The van der Waals surface area contributed by atoms with Crippen LogP contribution in [0.2, 0.25) is 0 Å². The molecule has 0 aliphatic carbocycles. The van der Waals surface area contributed by atoms with Crippen molar-refractivity contribution in [1.29, 1.82) is 0 Å². The molecule has 0 fully saturated rings. The van der Waals surface area contributed by atoms with Gasteiger partial charge in [0.25, 0.3) is 0 Å². The van der Waals surface area contributed by atoms with E-state index in [0.717, 1.165) is 11.0 Å². The van der Waals surface area contributed by atoms with E-state index in [1.54, 1.807) is 0 Å². The first kappa shape index (κ1) is 20.0. The number of benzene rings is 1. The summed E-state index contributed by atoms with van der Waals surface area (Å²) < 4.78 is 4.48. The lowest BCUT2D eigenvalue weighted by atomic mass is 10.2. The number of pyridine rings is 1. The minimum Gasteiger partial charge on any atom is -1.00 e. The zero-order valence-corrected chi connectivity index (χ0v) is 16.9. The lowest BCUT2D eigenvalue weighted by Crippen LogP contribution is -3.00. The zero-order chi connectivity index (χ0) is 13.2. The number of aromatic nitrogens is 1. The molecule has 0 spiro atoms. The average molecular weight is 469 g/mol. The van der Waals surface area contributed by atoms with Crippen molar-refractivity contribution in [3.05, 3.63) is 41.1 Å². The molecule has 0 amide bonds. The Bertz CT molecular complexity index is 550. The Kier molecular flexibility index (Phi) is 8.48. The number of halogens is 3. The van der Waals surface area contributed by atoms with Crippen LogP contribution in [0.3, 0.4) is 0 Å². The van der Waals surface area contributed by atoms with Crippen molar-refractivity contribution in [2.45, 2.75) is 13.0 Å². The highest BCUT2D eigenvalue weighted by Gasteiger charge is 2.11. The summed E-state index contributed by atoms with van der Waals surface area (Å²) in [6.45, 7) is 2.26. The van der Waals surface area contributed by atoms with Crippen LogP contribution >= 0.6 is 15.9 Å². The molecule has 0 saturated heterocycles. The first-order valence-corrected chi connectivity index (χ1v) is 7.13. The fourth-order valence-corrected chi connectivity index (χ4v) is 2.74. The predicted molar refractivity (Wildman–Crippen MR) is 79.4 cm³/mol. The number of nitrogens with zero attached hydrogens (tertiary/aromatic N) is 2. The third-order valence-electron chi connectivity index (χ3n) is 3.05. The topological polar surface area (TPSA) is 3.88 Å². The molecule has 2 aromatic rings. The lowest BCUT2D eigenvalue weighted by molar-refractivity contribution is -0.873. The molecule has 1 aromatic carbocycles. The molecule has 1 aromatic heterocycles. The molecule has 0 radical (unpaired) electrons. The first-order chi connectivity index (χ1) is 8.46. The van der Waals surface area contributed by atoms with Gasteiger partial charge in [0.05, 0.1) is 38.6 Å². The van der Waals surface area contributed by atoms with E-state index >= 15 is 0 Å².